The largest absolute Gasteiger partial charge is 0.465 e. The molecule has 0 heterocycles. The van der Waals surface area contributed by atoms with Crippen LogP contribution in [0.5, 0.6) is 0 Å². The molecule has 0 spiro atoms. The first-order valence-corrected chi connectivity index (χ1v) is 3.91. The average molecular weight is 171 g/mol. The number of aliphatic hydroxyl groups excluding tert-OH is 1. The quantitative estimate of drug-likeness (QED) is 0.546. The lowest BCUT2D eigenvalue weighted by atomic mass is 10.1. The number of aliphatic hydroxyl groups is 1. The zero-order chi connectivity index (χ0) is 9.19. The highest BCUT2D eigenvalue weighted by Gasteiger charge is 2.49. The van der Waals surface area contributed by atoms with E-state index in [9.17, 15) is 9.90 Å². The third kappa shape index (κ3) is 1.76. The molecular formula is C8H13NO3. The highest BCUT2D eigenvalue weighted by Crippen LogP contribution is 2.39. The molecule has 4 nitrogen and oxygen atoms in total. The topological polar surface area (TPSA) is 69.6 Å². The van der Waals surface area contributed by atoms with Crippen LogP contribution in [0.2, 0.25) is 0 Å². The summed E-state index contributed by atoms with van der Waals surface area (Å²) in [6.45, 7) is 3.49. The molecule has 0 aromatic rings. The summed E-state index contributed by atoms with van der Waals surface area (Å²) in [6, 6.07) is 0. The van der Waals surface area contributed by atoms with Crippen molar-refractivity contribution in [1.29, 1.82) is 0 Å². The highest BCUT2D eigenvalue weighted by molar-refractivity contribution is 5.66. The molecule has 1 rings (SSSR count). The van der Waals surface area contributed by atoms with Gasteiger partial charge in [0.1, 0.15) is 0 Å². The van der Waals surface area contributed by atoms with E-state index in [-0.39, 0.29) is 0 Å². The average Bonchev–Trinajstić information content (AvgIpc) is 2.69. The van der Waals surface area contributed by atoms with E-state index >= 15 is 0 Å². The molecule has 1 aliphatic carbocycles. The summed E-state index contributed by atoms with van der Waals surface area (Å²) in [7, 11) is 0. The van der Waals surface area contributed by atoms with Gasteiger partial charge in [0.25, 0.3) is 0 Å². The Morgan fingerprint density at radius 2 is 2.33 bits per heavy atom. The van der Waals surface area contributed by atoms with Gasteiger partial charge in [0.15, 0.2) is 0 Å². The van der Waals surface area contributed by atoms with E-state index in [1.165, 1.54) is 0 Å². The fourth-order valence-electron chi connectivity index (χ4n) is 1.27. The molecule has 1 aliphatic rings. The molecule has 68 valence electrons. The second kappa shape index (κ2) is 3.15. The molecule has 0 aromatic heterocycles. The lowest BCUT2D eigenvalue weighted by Crippen LogP contribution is -2.44. The number of hydrogen-bond acceptors (Lipinski definition) is 2. The second-order valence-corrected chi connectivity index (χ2v) is 3.13. The molecule has 1 amide bonds. The minimum absolute atomic E-state index is 0.431. The zero-order valence-corrected chi connectivity index (χ0v) is 6.79. The van der Waals surface area contributed by atoms with Gasteiger partial charge in [0.2, 0.25) is 0 Å². The van der Waals surface area contributed by atoms with Crippen LogP contribution in [-0.4, -0.2) is 27.9 Å². The van der Waals surface area contributed by atoms with E-state index in [0.29, 0.717) is 19.3 Å². The van der Waals surface area contributed by atoms with Gasteiger partial charge in [-0.1, -0.05) is 6.08 Å². The van der Waals surface area contributed by atoms with Crippen LogP contribution in [0.15, 0.2) is 12.7 Å². The SMILES string of the molecule is C=CCC(O)C1(NC(=O)O)CC1. The summed E-state index contributed by atoms with van der Waals surface area (Å²) in [5, 5.41) is 20.3. The number of carbonyl (C=O) groups is 1. The van der Waals surface area contributed by atoms with Crippen molar-refractivity contribution in [3.63, 3.8) is 0 Å². The van der Waals surface area contributed by atoms with Crippen LogP contribution < -0.4 is 5.32 Å². The predicted molar refractivity (Wildman–Crippen MR) is 43.9 cm³/mol. The Balaban J connectivity index is 2.47. The molecule has 3 N–H and O–H groups in total. The first-order chi connectivity index (χ1) is 5.60. The van der Waals surface area contributed by atoms with Gasteiger partial charge in [-0.25, -0.2) is 4.79 Å². The fraction of sp³-hybridized carbons (Fsp3) is 0.625. The van der Waals surface area contributed by atoms with Crippen LogP contribution in [0, 0.1) is 0 Å². The molecule has 1 saturated carbocycles. The van der Waals surface area contributed by atoms with Crippen molar-refractivity contribution in [2.45, 2.75) is 30.9 Å². The van der Waals surface area contributed by atoms with E-state index < -0.39 is 17.7 Å². The number of carboxylic acid groups (broad SMARTS) is 1. The number of rotatable bonds is 4. The molecule has 1 atom stereocenters. The van der Waals surface area contributed by atoms with Crippen molar-refractivity contribution in [3.8, 4) is 0 Å². The highest BCUT2D eigenvalue weighted by atomic mass is 16.4. The van der Waals surface area contributed by atoms with Crippen molar-refractivity contribution >= 4 is 6.09 Å². The van der Waals surface area contributed by atoms with Gasteiger partial charge < -0.3 is 15.5 Å². The normalized spacial score (nSPS) is 21.1. The van der Waals surface area contributed by atoms with E-state index in [2.05, 4.69) is 11.9 Å². The van der Waals surface area contributed by atoms with E-state index in [4.69, 9.17) is 5.11 Å². The van der Waals surface area contributed by atoms with Crippen LogP contribution >= 0.6 is 0 Å². The molecule has 0 radical (unpaired) electrons. The number of amides is 1. The Kier molecular flexibility index (Phi) is 2.38. The van der Waals surface area contributed by atoms with Gasteiger partial charge in [0, 0.05) is 0 Å². The lowest BCUT2D eigenvalue weighted by molar-refractivity contribution is 0.111. The molecule has 0 aliphatic heterocycles. The van der Waals surface area contributed by atoms with Crippen molar-refractivity contribution in [2.75, 3.05) is 0 Å². The van der Waals surface area contributed by atoms with Crippen molar-refractivity contribution in [3.05, 3.63) is 12.7 Å². The predicted octanol–water partition coefficient (Wildman–Crippen LogP) is 0.724. The molecule has 12 heavy (non-hydrogen) atoms. The lowest BCUT2D eigenvalue weighted by Gasteiger charge is -2.20. The molecule has 1 fully saturated rings. The van der Waals surface area contributed by atoms with E-state index in [1.807, 2.05) is 0 Å². The molecule has 0 bridgehead atoms. The monoisotopic (exact) mass is 171 g/mol. The molecule has 0 saturated heterocycles. The minimum atomic E-state index is -1.07. The Morgan fingerprint density at radius 3 is 2.67 bits per heavy atom. The molecule has 0 aromatic carbocycles. The first-order valence-electron chi connectivity index (χ1n) is 3.91. The Bertz CT molecular complexity index is 198. The zero-order valence-electron chi connectivity index (χ0n) is 6.79. The summed E-state index contributed by atoms with van der Waals surface area (Å²) in [5.74, 6) is 0. The van der Waals surface area contributed by atoms with Crippen molar-refractivity contribution < 1.29 is 15.0 Å². The van der Waals surface area contributed by atoms with E-state index in [1.54, 1.807) is 6.08 Å². The number of nitrogens with one attached hydrogen (secondary N) is 1. The Labute approximate surface area is 70.9 Å². The van der Waals surface area contributed by atoms with Crippen molar-refractivity contribution in [2.24, 2.45) is 0 Å². The maximum absolute atomic E-state index is 10.3. The summed E-state index contributed by atoms with van der Waals surface area (Å²) in [5.41, 5.74) is -0.583. The van der Waals surface area contributed by atoms with Crippen LogP contribution in [0.1, 0.15) is 19.3 Å². The van der Waals surface area contributed by atoms with Gasteiger partial charge in [-0.05, 0) is 19.3 Å². The molecule has 1 unspecified atom stereocenters. The fourth-order valence-corrected chi connectivity index (χ4v) is 1.27. The summed E-state index contributed by atoms with van der Waals surface area (Å²) >= 11 is 0. The van der Waals surface area contributed by atoms with E-state index in [0.717, 1.165) is 0 Å². The van der Waals surface area contributed by atoms with Crippen molar-refractivity contribution in [1.82, 2.24) is 5.32 Å². The van der Waals surface area contributed by atoms with Gasteiger partial charge in [-0.3, -0.25) is 0 Å². The Hall–Kier alpha value is -1.03. The minimum Gasteiger partial charge on any atom is -0.465 e. The van der Waals surface area contributed by atoms with Gasteiger partial charge >= 0.3 is 6.09 Å². The molecular weight excluding hydrogens is 158 g/mol. The Morgan fingerprint density at radius 1 is 1.75 bits per heavy atom. The van der Waals surface area contributed by atoms with Gasteiger partial charge in [-0.15, -0.1) is 6.58 Å². The standard InChI is InChI=1S/C8H13NO3/c1-2-3-6(10)8(4-5-8)9-7(11)12/h2,6,9-10H,1,3-5H2,(H,11,12). The molecule has 4 heteroatoms. The van der Waals surface area contributed by atoms with Crippen LogP contribution in [0.4, 0.5) is 4.79 Å². The summed E-state index contributed by atoms with van der Waals surface area (Å²) < 4.78 is 0. The summed E-state index contributed by atoms with van der Waals surface area (Å²) in [4.78, 5) is 10.3. The van der Waals surface area contributed by atoms with Crippen LogP contribution in [0.25, 0.3) is 0 Å². The second-order valence-electron chi connectivity index (χ2n) is 3.13. The van der Waals surface area contributed by atoms with Crippen LogP contribution in [0.3, 0.4) is 0 Å². The van der Waals surface area contributed by atoms with Crippen LogP contribution in [-0.2, 0) is 0 Å². The first kappa shape index (κ1) is 9.06. The summed E-state index contributed by atoms with van der Waals surface area (Å²) in [6.07, 6.45) is 1.75. The smallest absolute Gasteiger partial charge is 0.405 e. The third-order valence-corrected chi connectivity index (χ3v) is 2.17. The maximum Gasteiger partial charge on any atom is 0.405 e. The third-order valence-electron chi connectivity index (χ3n) is 2.17. The maximum atomic E-state index is 10.3. The van der Waals surface area contributed by atoms with Gasteiger partial charge in [0.05, 0.1) is 11.6 Å². The van der Waals surface area contributed by atoms with Gasteiger partial charge in [-0.2, -0.15) is 0 Å². The number of hydrogen-bond donors (Lipinski definition) is 3.